The summed E-state index contributed by atoms with van der Waals surface area (Å²) in [7, 11) is 0. The van der Waals surface area contributed by atoms with E-state index in [1.54, 1.807) is 0 Å². The molecule has 2 aliphatic rings. The molecule has 2 aromatic rings. The Balaban J connectivity index is 1.48. The number of rotatable bonds is 3. The van der Waals surface area contributed by atoms with Crippen LogP contribution in [0.5, 0.6) is 0 Å². The molecular formula is C18H21NO3S. The number of thioether (sulfide) groups is 1. The second-order valence-corrected chi connectivity index (χ2v) is 7.98. The normalized spacial score (nSPS) is 22.7. The van der Waals surface area contributed by atoms with E-state index in [4.69, 9.17) is 9.15 Å². The minimum absolute atomic E-state index is 0.0183. The summed E-state index contributed by atoms with van der Waals surface area (Å²) in [6.07, 6.45) is 1.39. The molecule has 122 valence electrons. The van der Waals surface area contributed by atoms with Crippen molar-refractivity contribution in [2.24, 2.45) is 0 Å². The van der Waals surface area contributed by atoms with Crippen LogP contribution in [0.3, 0.4) is 0 Å². The van der Waals surface area contributed by atoms with Crippen molar-refractivity contribution in [1.82, 2.24) is 4.90 Å². The van der Waals surface area contributed by atoms with Crippen LogP contribution in [0, 0.1) is 6.92 Å². The van der Waals surface area contributed by atoms with Gasteiger partial charge in [-0.1, -0.05) is 18.2 Å². The van der Waals surface area contributed by atoms with Gasteiger partial charge < -0.3 is 14.1 Å². The molecule has 5 heteroatoms. The number of nitrogens with zero attached hydrogens (tertiary/aromatic N) is 1. The average Bonchev–Trinajstić information content (AvgIpc) is 3.08. The van der Waals surface area contributed by atoms with Crippen LogP contribution in [0.25, 0.3) is 11.0 Å². The molecule has 1 amide bonds. The van der Waals surface area contributed by atoms with Crippen LogP contribution in [0.4, 0.5) is 0 Å². The molecule has 3 heterocycles. The molecular weight excluding hydrogens is 310 g/mol. The molecule has 2 fully saturated rings. The van der Waals surface area contributed by atoms with Crippen LogP contribution in [0.2, 0.25) is 0 Å². The lowest BCUT2D eigenvalue weighted by molar-refractivity contribution is 0.0341. The summed E-state index contributed by atoms with van der Waals surface area (Å²) < 4.78 is 11.7. The molecule has 0 bridgehead atoms. The van der Waals surface area contributed by atoms with Crippen molar-refractivity contribution < 1.29 is 13.9 Å². The first-order valence-corrected chi connectivity index (χ1v) is 9.13. The summed E-state index contributed by atoms with van der Waals surface area (Å²) >= 11 is 1.96. The number of para-hydroxylation sites is 1. The van der Waals surface area contributed by atoms with Gasteiger partial charge in [0.25, 0.3) is 5.91 Å². The second kappa shape index (κ2) is 5.56. The molecule has 4 rings (SSSR count). The zero-order chi connectivity index (χ0) is 16.0. The molecule has 1 spiro atoms. The highest BCUT2D eigenvalue weighted by Gasteiger charge is 2.51. The maximum Gasteiger partial charge on any atom is 0.289 e. The van der Waals surface area contributed by atoms with Gasteiger partial charge in [0.2, 0.25) is 0 Å². The Morgan fingerprint density at radius 3 is 2.96 bits per heavy atom. The number of ether oxygens (including phenoxy) is 1. The quantitative estimate of drug-likeness (QED) is 0.863. The minimum atomic E-state index is 0.0183. The molecule has 1 aromatic carbocycles. The van der Waals surface area contributed by atoms with Gasteiger partial charge in [-0.25, -0.2) is 0 Å². The SMILES string of the molecule is CCO[C@@H]1CSC2(C1)CN(C(=O)c1oc3ccccc3c1C)C2. The standard InChI is InChI=1S/C18H21NO3S/c1-3-21-13-8-18(23-9-13)10-19(11-18)17(20)16-12(2)14-6-4-5-7-15(14)22-16/h4-7,13H,3,8-11H2,1-2H3/t13-/m0/s1. The van der Waals surface area contributed by atoms with Gasteiger partial charge in [0.05, 0.1) is 10.9 Å². The van der Waals surface area contributed by atoms with Gasteiger partial charge in [0, 0.05) is 36.4 Å². The van der Waals surface area contributed by atoms with E-state index in [0.29, 0.717) is 11.9 Å². The fraction of sp³-hybridized carbons (Fsp3) is 0.500. The predicted molar refractivity (Wildman–Crippen MR) is 92.1 cm³/mol. The number of likely N-dealkylation sites (tertiary alicyclic amines) is 1. The van der Waals surface area contributed by atoms with Crippen molar-refractivity contribution in [2.75, 3.05) is 25.4 Å². The number of carbonyl (C=O) groups excluding carboxylic acids is 1. The third-order valence-electron chi connectivity index (χ3n) is 4.86. The Hall–Kier alpha value is -1.46. The number of carbonyl (C=O) groups is 1. The van der Waals surface area contributed by atoms with Gasteiger partial charge >= 0.3 is 0 Å². The maximum absolute atomic E-state index is 12.8. The van der Waals surface area contributed by atoms with Crippen molar-refractivity contribution in [3.8, 4) is 0 Å². The molecule has 0 saturated carbocycles. The van der Waals surface area contributed by atoms with E-state index in [9.17, 15) is 4.79 Å². The fourth-order valence-electron chi connectivity index (χ4n) is 3.68. The van der Waals surface area contributed by atoms with Crippen molar-refractivity contribution in [3.63, 3.8) is 0 Å². The topological polar surface area (TPSA) is 42.7 Å². The molecule has 23 heavy (non-hydrogen) atoms. The molecule has 1 atom stereocenters. The Kier molecular flexibility index (Phi) is 3.65. The number of hydrogen-bond acceptors (Lipinski definition) is 4. The molecule has 4 nitrogen and oxygen atoms in total. The summed E-state index contributed by atoms with van der Waals surface area (Å²) in [6.45, 7) is 6.37. The Labute approximate surface area is 140 Å². The number of benzene rings is 1. The lowest BCUT2D eigenvalue weighted by Gasteiger charge is -2.47. The van der Waals surface area contributed by atoms with Crippen molar-refractivity contribution in [2.45, 2.75) is 31.1 Å². The monoisotopic (exact) mass is 331 g/mol. The molecule has 1 aromatic heterocycles. The number of fused-ring (bicyclic) bond motifs is 1. The zero-order valence-electron chi connectivity index (χ0n) is 13.5. The fourth-order valence-corrected chi connectivity index (χ4v) is 5.23. The van der Waals surface area contributed by atoms with Crippen molar-refractivity contribution >= 4 is 28.6 Å². The van der Waals surface area contributed by atoms with E-state index in [0.717, 1.165) is 48.4 Å². The molecule has 0 unspecified atom stereocenters. The first kappa shape index (κ1) is 15.1. The lowest BCUT2D eigenvalue weighted by Crippen LogP contribution is -2.60. The smallest absolute Gasteiger partial charge is 0.289 e. The van der Waals surface area contributed by atoms with Gasteiger partial charge in [-0.3, -0.25) is 4.79 Å². The zero-order valence-corrected chi connectivity index (χ0v) is 14.3. The van der Waals surface area contributed by atoms with Gasteiger partial charge in [0.1, 0.15) is 5.58 Å². The first-order chi connectivity index (χ1) is 11.1. The summed E-state index contributed by atoms with van der Waals surface area (Å²) in [5.41, 5.74) is 1.73. The summed E-state index contributed by atoms with van der Waals surface area (Å²) in [5, 5.41) is 1.03. The second-order valence-electron chi connectivity index (χ2n) is 6.49. The minimum Gasteiger partial charge on any atom is -0.451 e. The van der Waals surface area contributed by atoms with Gasteiger partial charge in [-0.15, -0.1) is 11.8 Å². The summed E-state index contributed by atoms with van der Waals surface area (Å²) in [4.78, 5) is 14.7. The Bertz CT molecular complexity index is 748. The number of aryl methyl sites for hydroxylation is 1. The average molecular weight is 331 g/mol. The number of amides is 1. The highest BCUT2D eigenvalue weighted by Crippen LogP contribution is 2.46. The van der Waals surface area contributed by atoms with E-state index in [2.05, 4.69) is 0 Å². The first-order valence-electron chi connectivity index (χ1n) is 8.15. The van der Waals surface area contributed by atoms with Gasteiger partial charge in [-0.2, -0.15) is 0 Å². The number of furan rings is 1. The molecule has 2 saturated heterocycles. The molecule has 0 N–H and O–H groups in total. The van der Waals surface area contributed by atoms with E-state index in [-0.39, 0.29) is 10.7 Å². The Morgan fingerprint density at radius 1 is 1.43 bits per heavy atom. The Morgan fingerprint density at radius 2 is 2.22 bits per heavy atom. The molecule has 0 radical (unpaired) electrons. The van der Waals surface area contributed by atoms with Crippen LogP contribution in [-0.2, 0) is 4.74 Å². The largest absolute Gasteiger partial charge is 0.451 e. The van der Waals surface area contributed by atoms with Crippen LogP contribution in [0.15, 0.2) is 28.7 Å². The van der Waals surface area contributed by atoms with E-state index in [1.165, 1.54) is 0 Å². The van der Waals surface area contributed by atoms with Gasteiger partial charge in [-0.05, 0) is 26.3 Å². The maximum atomic E-state index is 12.8. The lowest BCUT2D eigenvalue weighted by atomic mass is 9.92. The molecule has 2 aliphatic heterocycles. The van der Waals surface area contributed by atoms with E-state index in [1.807, 2.05) is 54.8 Å². The van der Waals surface area contributed by atoms with Gasteiger partial charge in [0.15, 0.2) is 5.76 Å². The van der Waals surface area contributed by atoms with E-state index >= 15 is 0 Å². The summed E-state index contributed by atoms with van der Waals surface area (Å²) in [5.74, 6) is 1.55. The van der Waals surface area contributed by atoms with Crippen molar-refractivity contribution in [1.29, 1.82) is 0 Å². The van der Waals surface area contributed by atoms with Crippen LogP contribution in [-0.4, -0.2) is 47.1 Å². The predicted octanol–water partition coefficient (Wildman–Crippen LogP) is 3.48. The third kappa shape index (κ3) is 2.46. The highest BCUT2D eigenvalue weighted by atomic mass is 32.2. The van der Waals surface area contributed by atoms with Crippen LogP contribution < -0.4 is 0 Å². The number of hydrogen-bond donors (Lipinski definition) is 0. The van der Waals surface area contributed by atoms with Crippen molar-refractivity contribution in [3.05, 3.63) is 35.6 Å². The highest BCUT2D eigenvalue weighted by molar-refractivity contribution is 8.01. The molecule has 0 aliphatic carbocycles. The van der Waals surface area contributed by atoms with Crippen LogP contribution >= 0.6 is 11.8 Å². The summed E-state index contributed by atoms with van der Waals surface area (Å²) in [6, 6.07) is 7.82. The van der Waals surface area contributed by atoms with Crippen LogP contribution in [0.1, 0.15) is 29.5 Å². The van der Waals surface area contributed by atoms with E-state index < -0.39 is 0 Å². The third-order valence-corrected chi connectivity index (χ3v) is 6.44.